The number of nitrogens with zero attached hydrogens (tertiary/aromatic N) is 6. The van der Waals surface area contributed by atoms with Gasteiger partial charge in [0.25, 0.3) is 5.91 Å². The molecule has 1 aromatic carbocycles. The zero-order valence-corrected chi connectivity index (χ0v) is 22.2. The van der Waals surface area contributed by atoms with Gasteiger partial charge in [0.1, 0.15) is 29.2 Å². The SMILES string of the molecule is C#Cc1c(-c2cnc3ccccc3c2)c2c(N)ncnc2n1C12CCC(CNC(=O)c3cnc(C)cn3)(CC1)C2. The Labute approximate surface area is 231 Å². The van der Waals surface area contributed by atoms with Gasteiger partial charge >= 0.3 is 0 Å². The Balaban J connectivity index is 1.28. The van der Waals surface area contributed by atoms with E-state index in [1.165, 1.54) is 12.5 Å². The molecule has 2 aliphatic rings. The van der Waals surface area contributed by atoms with E-state index in [9.17, 15) is 4.79 Å². The van der Waals surface area contributed by atoms with Crippen LogP contribution in [0.25, 0.3) is 33.1 Å². The number of anilines is 1. The molecule has 198 valence electrons. The number of hydrogen-bond donors (Lipinski definition) is 2. The predicted octanol–water partition coefficient (Wildman–Crippen LogP) is 4.40. The molecule has 40 heavy (non-hydrogen) atoms. The number of fused-ring (bicyclic) bond motifs is 4. The molecule has 0 atom stereocenters. The van der Waals surface area contributed by atoms with Gasteiger partial charge < -0.3 is 15.6 Å². The maximum Gasteiger partial charge on any atom is 0.271 e. The van der Waals surface area contributed by atoms with Gasteiger partial charge in [0, 0.05) is 41.0 Å². The van der Waals surface area contributed by atoms with Crippen molar-refractivity contribution in [2.75, 3.05) is 12.3 Å². The number of nitrogen functional groups attached to an aromatic ring is 1. The standard InChI is InChI=1S/C31H28N8O/c1-3-24-25(21-12-20-6-4-5-7-22(20)35-14-21)26-27(32)37-18-38-28(26)39(24)31-10-8-30(16-31,9-11-31)17-36-29(40)23-15-33-19(2)13-34-23/h1,4-7,12-15,18H,8-11,16-17H2,2H3,(H,36,40)(H2,32,37,38). The fraction of sp³-hybridized carbons (Fsp3) is 0.290. The molecule has 4 heterocycles. The summed E-state index contributed by atoms with van der Waals surface area (Å²) in [6.07, 6.45) is 17.5. The Hall–Kier alpha value is -4.84. The summed E-state index contributed by atoms with van der Waals surface area (Å²) in [4.78, 5) is 35.0. The molecule has 2 aliphatic carbocycles. The monoisotopic (exact) mass is 528 g/mol. The van der Waals surface area contributed by atoms with Crippen molar-refractivity contribution in [2.45, 2.75) is 44.6 Å². The third-order valence-electron chi connectivity index (χ3n) is 8.85. The molecule has 9 heteroatoms. The molecule has 0 aliphatic heterocycles. The number of aromatic nitrogens is 6. The van der Waals surface area contributed by atoms with Crippen molar-refractivity contribution >= 4 is 33.7 Å². The average Bonchev–Trinajstić information content (AvgIpc) is 3.65. The minimum absolute atomic E-state index is 0.0283. The summed E-state index contributed by atoms with van der Waals surface area (Å²) >= 11 is 0. The van der Waals surface area contributed by atoms with Crippen LogP contribution in [0.1, 0.15) is 54.0 Å². The first-order chi connectivity index (χ1) is 19.4. The van der Waals surface area contributed by atoms with Crippen LogP contribution in [0.3, 0.4) is 0 Å². The molecule has 2 saturated carbocycles. The fourth-order valence-electron chi connectivity index (χ4n) is 6.93. The lowest BCUT2D eigenvalue weighted by Gasteiger charge is -2.31. The Morgan fingerprint density at radius 2 is 1.90 bits per heavy atom. The summed E-state index contributed by atoms with van der Waals surface area (Å²) in [6.45, 7) is 2.42. The van der Waals surface area contributed by atoms with Crippen LogP contribution < -0.4 is 11.1 Å². The van der Waals surface area contributed by atoms with Crippen LogP contribution in [0.15, 0.2) is 55.2 Å². The fourth-order valence-corrected chi connectivity index (χ4v) is 6.93. The van der Waals surface area contributed by atoms with Crippen LogP contribution in [0.2, 0.25) is 0 Å². The lowest BCUT2D eigenvalue weighted by molar-refractivity contribution is 0.0925. The normalized spacial score (nSPS) is 21.6. The first-order valence-electron chi connectivity index (χ1n) is 13.5. The van der Waals surface area contributed by atoms with E-state index in [0.717, 1.165) is 76.6 Å². The quantitative estimate of drug-likeness (QED) is 0.324. The first kappa shape index (κ1) is 24.2. The van der Waals surface area contributed by atoms with Crippen molar-refractivity contribution in [2.24, 2.45) is 5.41 Å². The van der Waals surface area contributed by atoms with Gasteiger partial charge in [-0.2, -0.15) is 0 Å². The third-order valence-corrected chi connectivity index (χ3v) is 8.85. The average molecular weight is 529 g/mol. The highest BCUT2D eigenvalue weighted by Gasteiger charge is 2.56. The Morgan fingerprint density at radius 3 is 2.67 bits per heavy atom. The number of hydrogen-bond acceptors (Lipinski definition) is 7. The lowest BCUT2D eigenvalue weighted by atomic mass is 9.84. The summed E-state index contributed by atoms with van der Waals surface area (Å²) < 4.78 is 2.24. The van der Waals surface area contributed by atoms with Crippen LogP contribution in [0.5, 0.6) is 0 Å². The van der Waals surface area contributed by atoms with E-state index in [1.54, 1.807) is 6.20 Å². The first-order valence-corrected chi connectivity index (χ1v) is 13.5. The summed E-state index contributed by atoms with van der Waals surface area (Å²) in [5.41, 5.74) is 11.5. The predicted molar refractivity (Wildman–Crippen MR) is 153 cm³/mol. The van der Waals surface area contributed by atoms with Crippen molar-refractivity contribution in [1.29, 1.82) is 0 Å². The molecule has 2 bridgehead atoms. The van der Waals surface area contributed by atoms with Crippen molar-refractivity contribution in [3.63, 3.8) is 0 Å². The highest BCUT2D eigenvalue weighted by molar-refractivity contribution is 6.04. The molecule has 0 radical (unpaired) electrons. The number of aryl methyl sites for hydroxylation is 1. The van der Waals surface area contributed by atoms with Gasteiger partial charge in [0.15, 0.2) is 0 Å². The highest BCUT2D eigenvalue weighted by atomic mass is 16.1. The molecule has 0 spiro atoms. The van der Waals surface area contributed by atoms with Gasteiger partial charge in [-0.25, -0.2) is 15.0 Å². The van der Waals surface area contributed by atoms with Gasteiger partial charge in [-0.3, -0.25) is 14.8 Å². The number of rotatable bonds is 5. The Kier molecular flexibility index (Phi) is 5.36. The highest BCUT2D eigenvalue weighted by Crippen LogP contribution is 2.61. The van der Waals surface area contributed by atoms with E-state index in [1.807, 2.05) is 37.4 Å². The molecule has 4 aromatic heterocycles. The van der Waals surface area contributed by atoms with Crippen molar-refractivity contribution < 1.29 is 4.79 Å². The summed E-state index contributed by atoms with van der Waals surface area (Å²) in [5.74, 6) is 3.19. The van der Waals surface area contributed by atoms with Crippen molar-refractivity contribution in [3.8, 4) is 23.5 Å². The smallest absolute Gasteiger partial charge is 0.271 e. The number of pyridine rings is 1. The van der Waals surface area contributed by atoms with Crippen molar-refractivity contribution in [1.82, 2.24) is 34.8 Å². The van der Waals surface area contributed by atoms with Crippen molar-refractivity contribution in [3.05, 3.63) is 72.3 Å². The zero-order chi connectivity index (χ0) is 27.5. The van der Waals surface area contributed by atoms with Gasteiger partial charge in [-0.1, -0.05) is 24.1 Å². The molecule has 5 aromatic rings. The second-order valence-corrected chi connectivity index (χ2v) is 11.2. The number of amides is 1. The van der Waals surface area contributed by atoms with Crippen LogP contribution in [0.4, 0.5) is 5.82 Å². The maximum absolute atomic E-state index is 12.8. The lowest BCUT2D eigenvalue weighted by Crippen LogP contribution is -2.35. The minimum Gasteiger partial charge on any atom is -0.383 e. The van der Waals surface area contributed by atoms with Crippen LogP contribution >= 0.6 is 0 Å². The van der Waals surface area contributed by atoms with Crippen LogP contribution in [-0.4, -0.2) is 41.9 Å². The molecular weight excluding hydrogens is 500 g/mol. The number of nitrogens with two attached hydrogens (primary N) is 1. The van der Waals surface area contributed by atoms with E-state index >= 15 is 0 Å². The number of nitrogens with one attached hydrogen (secondary N) is 1. The largest absolute Gasteiger partial charge is 0.383 e. The molecule has 3 N–H and O–H groups in total. The second-order valence-electron chi connectivity index (χ2n) is 11.2. The molecule has 2 fully saturated rings. The Morgan fingerprint density at radius 1 is 1.07 bits per heavy atom. The molecular formula is C31H28N8O. The molecule has 0 saturated heterocycles. The third kappa shape index (κ3) is 3.63. The van der Waals surface area contributed by atoms with Gasteiger partial charge in [0.05, 0.1) is 22.8 Å². The van der Waals surface area contributed by atoms with E-state index in [4.69, 9.17) is 22.1 Å². The van der Waals surface area contributed by atoms with E-state index < -0.39 is 0 Å². The van der Waals surface area contributed by atoms with E-state index in [0.29, 0.717) is 18.1 Å². The molecule has 7 rings (SSSR count). The zero-order valence-electron chi connectivity index (χ0n) is 22.2. The van der Waals surface area contributed by atoms with E-state index in [2.05, 4.69) is 36.8 Å². The molecule has 1 amide bonds. The minimum atomic E-state index is -0.225. The number of carbonyl (C=O) groups excluding carboxylic acids is 1. The summed E-state index contributed by atoms with van der Waals surface area (Å²) in [7, 11) is 0. The van der Waals surface area contributed by atoms with Crippen LogP contribution in [-0.2, 0) is 5.54 Å². The number of benzene rings is 1. The summed E-state index contributed by atoms with van der Waals surface area (Å²) in [5, 5.41) is 4.91. The summed E-state index contributed by atoms with van der Waals surface area (Å²) in [6, 6.07) is 10.1. The number of terminal acetylenes is 1. The number of carbonyl (C=O) groups is 1. The van der Waals surface area contributed by atoms with Gasteiger partial charge in [-0.05, 0) is 56.6 Å². The maximum atomic E-state index is 12.8. The second kappa shape index (κ2) is 8.85. The Bertz CT molecular complexity index is 1840. The van der Waals surface area contributed by atoms with Gasteiger partial charge in [0.2, 0.25) is 0 Å². The number of para-hydroxylation sites is 1. The topological polar surface area (TPSA) is 124 Å². The molecule has 9 nitrogen and oxygen atoms in total. The van der Waals surface area contributed by atoms with Crippen LogP contribution in [0, 0.1) is 24.7 Å². The molecule has 0 unspecified atom stereocenters. The van der Waals surface area contributed by atoms with E-state index in [-0.39, 0.29) is 16.9 Å². The van der Waals surface area contributed by atoms with Gasteiger partial charge in [-0.15, -0.1) is 6.42 Å².